The maximum Gasteiger partial charge on any atom is 0.354 e. The van der Waals surface area contributed by atoms with Crippen LogP contribution >= 0.6 is 11.6 Å². The van der Waals surface area contributed by atoms with Gasteiger partial charge in [0.1, 0.15) is 29.2 Å². The molecule has 1 atom stereocenters. The van der Waals surface area contributed by atoms with E-state index in [4.69, 9.17) is 11.6 Å². The van der Waals surface area contributed by atoms with Crippen LogP contribution in [0.2, 0.25) is 5.02 Å². The fourth-order valence-electron chi connectivity index (χ4n) is 6.30. The zero-order valence-electron chi connectivity index (χ0n) is 25.2. The molecule has 10 nitrogen and oxygen atoms in total. The number of carbonyl (C=O) groups excluding carboxylic acids is 1. The zero-order valence-corrected chi connectivity index (χ0v) is 26.0. The molecule has 13 heteroatoms. The molecule has 2 aromatic heterocycles. The maximum absolute atomic E-state index is 17.4. The van der Waals surface area contributed by atoms with Gasteiger partial charge in [0.15, 0.2) is 5.82 Å². The lowest BCUT2D eigenvalue weighted by molar-refractivity contribution is -0.126. The second kappa shape index (κ2) is 11.4. The first-order valence-electron chi connectivity index (χ1n) is 14.7. The van der Waals surface area contributed by atoms with Crippen molar-refractivity contribution in [3.8, 4) is 22.6 Å². The van der Waals surface area contributed by atoms with Crippen molar-refractivity contribution in [3.63, 3.8) is 0 Å². The van der Waals surface area contributed by atoms with E-state index >= 15 is 8.78 Å². The standard InChI is InChI=1S/C32H32ClF2N7O3/c1-6-20(44)40-10-11-41-17(13-40)12-36-28-23-29(25(35)22(24(28)33)21-18(34)8-7-9-19(21)43)42(32(45)39-31(23)41)30-26(15(2)3)37-14-38-27(30)16(4)5/h6-9,14-17,36,43H,1,10-13H2,2-5H3. The molecular formula is C32H32ClF2N7O3. The van der Waals surface area contributed by atoms with Gasteiger partial charge in [0.25, 0.3) is 0 Å². The van der Waals surface area contributed by atoms with E-state index in [1.165, 1.54) is 24.5 Å². The van der Waals surface area contributed by atoms with Crippen molar-refractivity contribution < 1.29 is 18.7 Å². The molecule has 2 aromatic carbocycles. The number of amides is 1. The number of anilines is 2. The van der Waals surface area contributed by atoms with E-state index in [2.05, 4.69) is 26.8 Å². The van der Waals surface area contributed by atoms with Crippen LogP contribution in [0, 0.1) is 11.6 Å². The summed E-state index contributed by atoms with van der Waals surface area (Å²) in [6.07, 6.45) is 2.65. The van der Waals surface area contributed by atoms with E-state index < -0.39 is 34.2 Å². The van der Waals surface area contributed by atoms with Gasteiger partial charge in [-0.1, -0.05) is 51.9 Å². The first kappa shape index (κ1) is 30.4. The van der Waals surface area contributed by atoms with Gasteiger partial charge < -0.3 is 20.2 Å². The highest BCUT2D eigenvalue weighted by molar-refractivity contribution is 6.38. The third-order valence-electron chi connectivity index (χ3n) is 8.39. The summed E-state index contributed by atoms with van der Waals surface area (Å²) in [5.41, 5.74) is -0.373. The summed E-state index contributed by atoms with van der Waals surface area (Å²) >= 11 is 6.93. The number of aromatic nitrogens is 4. The van der Waals surface area contributed by atoms with Crippen molar-refractivity contribution in [3.05, 3.63) is 75.7 Å². The number of fused-ring (bicyclic) bond motifs is 2. The number of carbonyl (C=O) groups is 1. The lowest BCUT2D eigenvalue weighted by atomic mass is 9.98. The number of phenols is 1. The summed E-state index contributed by atoms with van der Waals surface area (Å²) in [6.45, 7) is 12.3. The van der Waals surface area contributed by atoms with Gasteiger partial charge in [0, 0.05) is 31.7 Å². The fraction of sp³-hybridized carbons (Fsp3) is 0.344. The molecule has 0 bridgehead atoms. The van der Waals surface area contributed by atoms with E-state index in [0.29, 0.717) is 24.5 Å². The molecule has 0 saturated carbocycles. The zero-order chi connectivity index (χ0) is 32.3. The normalized spacial score (nSPS) is 16.2. The summed E-state index contributed by atoms with van der Waals surface area (Å²) < 4.78 is 33.9. The molecule has 0 radical (unpaired) electrons. The smallest absolute Gasteiger partial charge is 0.354 e. The molecular weight excluding hydrogens is 604 g/mol. The third kappa shape index (κ3) is 4.78. The van der Waals surface area contributed by atoms with E-state index in [1.54, 1.807) is 4.90 Å². The lowest BCUT2D eigenvalue weighted by Gasteiger charge is -2.41. The number of hydrogen-bond donors (Lipinski definition) is 2. The first-order valence-corrected chi connectivity index (χ1v) is 15.1. The Kier molecular flexibility index (Phi) is 7.72. The number of hydrogen-bond acceptors (Lipinski definition) is 8. The predicted octanol–water partition coefficient (Wildman–Crippen LogP) is 5.36. The monoisotopic (exact) mass is 635 g/mol. The molecule has 2 aliphatic heterocycles. The number of rotatable bonds is 5. The van der Waals surface area contributed by atoms with Crippen LogP contribution < -0.4 is 15.9 Å². The van der Waals surface area contributed by atoms with Crippen molar-refractivity contribution in [1.29, 1.82) is 0 Å². The Balaban J connectivity index is 1.78. The molecule has 1 fully saturated rings. The number of aromatic hydroxyl groups is 1. The first-order chi connectivity index (χ1) is 21.5. The molecule has 234 valence electrons. The topological polar surface area (TPSA) is 116 Å². The Labute approximate surface area is 263 Å². The molecule has 0 aliphatic carbocycles. The second-order valence-electron chi connectivity index (χ2n) is 11.8. The van der Waals surface area contributed by atoms with Crippen molar-refractivity contribution in [2.45, 2.75) is 45.6 Å². The number of nitrogens with zero attached hydrogens (tertiary/aromatic N) is 6. The van der Waals surface area contributed by atoms with E-state index in [9.17, 15) is 14.7 Å². The molecule has 4 heterocycles. The van der Waals surface area contributed by atoms with E-state index in [1.807, 2.05) is 32.6 Å². The number of halogens is 3. The minimum Gasteiger partial charge on any atom is -0.507 e. The van der Waals surface area contributed by atoms with Gasteiger partial charge in [-0.25, -0.2) is 23.5 Å². The van der Waals surface area contributed by atoms with Crippen LogP contribution in [-0.2, 0) is 4.79 Å². The molecule has 4 aromatic rings. The van der Waals surface area contributed by atoms with Crippen LogP contribution in [0.15, 0.2) is 42.0 Å². The Morgan fingerprint density at radius 1 is 1.13 bits per heavy atom. The van der Waals surface area contributed by atoms with Crippen LogP contribution in [0.1, 0.15) is 50.9 Å². The molecule has 1 saturated heterocycles. The molecule has 2 N–H and O–H groups in total. The third-order valence-corrected chi connectivity index (χ3v) is 8.76. The molecule has 0 spiro atoms. The number of phenolic OH excluding ortho intramolecular Hbond substituents is 1. The van der Waals surface area contributed by atoms with Crippen molar-refractivity contribution in [2.75, 3.05) is 36.4 Å². The highest BCUT2D eigenvalue weighted by atomic mass is 35.5. The van der Waals surface area contributed by atoms with Gasteiger partial charge in [0.05, 0.1) is 44.8 Å². The quantitative estimate of drug-likeness (QED) is 0.282. The Morgan fingerprint density at radius 2 is 1.82 bits per heavy atom. The Morgan fingerprint density at radius 3 is 2.44 bits per heavy atom. The SMILES string of the molecule is C=CC(=O)N1CCN2c3nc(=O)n(-c4c(C(C)C)ncnc4C(C)C)c4c(F)c(-c5c(O)cccc5F)c(Cl)c(c34)NCC2C1. The summed E-state index contributed by atoms with van der Waals surface area (Å²) in [5, 5.41) is 14.1. The Hall–Kier alpha value is -4.58. The van der Waals surface area contributed by atoms with Gasteiger partial charge in [-0.15, -0.1) is 0 Å². The molecule has 1 unspecified atom stereocenters. The van der Waals surface area contributed by atoms with Crippen LogP contribution in [0.25, 0.3) is 27.7 Å². The highest BCUT2D eigenvalue weighted by Crippen LogP contribution is 2.49. The summed E-state index contributed by atoms with van der Waals surface area (Å²) in [4.78, 5) is 43.8. The highest BCUT2D eigenvalue weighted by Gasteiger charge is 2.38. The number of benzene rings is 2. The second-order valence-corrected chi connectivity index (χ2v) is 12.2. The fourth-order valence-corrected chi connectivity index (χ4v) is 6.64. The molecule has 6 rings (SSSR count). The van der Waals surface area contributed by atoms with Gasteiger partial charge in [-0.3, -0.25) is 9.36 Å². The minimum absolute atomic E-state index is 0.182. The van der Waals surface area contributed by atoms with Gasteiger partial charge >= 0.3 is 5.69 Å². The van der Waals surface area contributed by atoms with Crippen LogP contribution in [-0.4, -0.2) is 67.7 Å². The Bertz CT molecular complexity index is 1900. The minimum atomic E-state index is -1.02. The van der Waals surface area contributed by atoms with Crippen molar-refractivity contribution >= 4 is 39.9 Å². The van der Waals surface area contributed by atoms with E-state index in [0.717, 1.165) is 10.6 Å². The molecule has 2 aliphatic rings. The summed E-state index contributed by atoms with van der Waals surface area (Å²) in [5.74, 6) is -2.89. The molecule has 1 amide bonds. The number of piperazine rings is 1. The van der Waals surface area contributed by atoms with Gasteiger partial charge in [-0.05, 0) is 30.0 Å². The summed E-state index contributed by atoms with van der Waals surface area (Å²) in [6, 6.07) is 3.25. The van der Waals surface area contributed by atoms with Crippen LogP contribution in [0.4, 0.5) is 20.3 Å². The average molecular weight is 636 g/mol. The molecule has 45 heavy (non-hydrogen) atoms. The summed E-state index contributed by atoms with van der Waals surface area (Å²) in [7, 11) is 0. The average Bonchev–Trinajstić information content (AvgIpc) is 3.16. The predicted molar refractivity (Wildman–Crippen MR) is 170 cm³/mol. The largest absolute Gasteiger partial charge is 0.507 e. The van der Waals surface area contributed by atoms with E-state index in [-0.39, 0.29) is 70.0 Å². The lowest BCUT2D eigenvalue weighted by Crippen LogP contribution is -2.57. The van der Waals surface area contributed by atoms with Gasteiger partial charge in [0.2, 0.25) is 5.91 Å². The van der Waals surface area contributed by atoms with Crippen LogP contribution in [0.5, 0.6) is 5.75 Å². The van der Waals surface area contributed by atoms with Crippen molar-refractivity contribution in [1.82, 2.24) is 24.4 Å². The van der Waals surface area contributed by atoms with Gasteiger partial charge in [-0.2, -0.15) is 4.98 Å². The number of nitrogens with one attached hydrogen (secondary N) is 1. The van der Waals surface area contributed by atoms with Crippen molar-refractivity contribution in [2.24, 2.45) is 0 Å². The maximum atomic E-state index is 17.4. The van der Waals surface area contributed by atoms with Crippen LogP contribution in [0.3, 0.4) is 0 Å².